The summed E-state index contributed by atoms with van der Waals surface area (Å²) in [6, 6.07) is 14.0. The summed E-state index contributed by atoms with van der Waals surface area (Å²) < 4.78 is 5.32. The lowest BCUT2D eigenvalue weighted by Crippen LogP contribution is -2.39. The summed E-state index contributed by atoms with van der Waals surface area (Å²) in [4.78, 5) is 16.1. The summed E-state index contributed by atoms with van der Waals surface area (Å²) in [5, 5.41) is 4.07. The van der Waals surface area contributed by atoms with Crippen molar-refractivity contribution < 1.29 is 9.53 Å². The fraction of sp³-hybridized carbons (Fsp3) is 0.286. The van der Waals surface area contributed by atoms with Gasteiger partial charge in [-0.15, -0.1) is 0 Å². The van der Waals surface area contributed by atoms with Crippen molar-refractivity contribution >= 4 is 16.8 Å². The highest BCUT2D eigenvalue weighted by molar-refractivity contribution is 5.95. The smallest absolute Gasteiger partial charge is 0.230 e. The van der Waals surface area contributed by atoms with Gasteiger partial charge < -0.3 is 15.0 Å². The number of ether oxygens (including phenoxy) is 1. The lowest BCUT2D eigenvalue weighted by molar-refractivity contribution is -0.125. The van der Waals surface area contributed by atoms with Crippen LogP contribution in [0.3, 0.4) is 0 Å². The quantitative estimate of drug-likeness (QED) is 0.738. The van der Waals surface area contributed by atoms with Crippen LogP contribution < -0.4 is 10.1 Å². The number of H-pyrrole nitrogens is 1. The van der Waals surface area contributed by atoms with E-state index in [1.54, 1.807) is 7.11 Å². The first-order valence-electron chi connectivity index (χ1n) is 8.41. The van der Waals surface area contributed by atoms with Gasteiger partial charge in [0.1, 0.15) is 5.75 Å². The van der Waals surface area contributed by atoms with Crippen LogP contribution >= 0.6 is 0 Å². The van der Waals surface area contributed by atoms with Crippen LogP contribution in [0.1, 0.15) is 30.5 Å². The number of aromatic nitrogens is 1. The maximum absolute atomic E-state index is 12.8. The number of carbonyl (C=O) groups excluding carboxylic acids is 1. The number of aryl methyl sites for hydroxylation is 1. The lowest BCUT2D eigenvalue weighted by Gasteiger charge is -2.23. The molecule has 0 atom stereocenters. The van der Waals surface area contributed by atoms with E-state index in [4.69, 9.17) is 4.74 Å². The third kappa shape index (κ3) is 3.38. The fourth-order valence-electron chi connectivity index (χ4n) is 2.98. The van der Waals surface area contributed by atoms with E-state index < -0.39 is 5.41 Å². The van der Waals surface area contributed by atoms with Crippen LogP contribution in [-0.4, -0.2) is 18.0 Å². The zero-order chi connectivity index (χ0) is 18.0. The van der Waals surface area contributed by atoms with E-state index in [1.807, 2.05) is 50.4 Å². The van der Waals surface area contributed by atoms with Crippen molar-refractivity contribution in [2.24, 2.45) is 0 Å². The molecule has 0 aliphatic rings. The first kappa shape index (κ1) is 17.1. The van der Waals surface area contributed by atoms with Gasteiger partial charge in [-0.3, -0.25) is 4.79 Å². The van der Waals surface area contributed by atoms with E-state index in [1.165, 1.54) is 5.56 Å². The third-order valence-corrected chi connectivity index (χ3v) is 4.70. The van der Waals surface area contributed by atoms with E-state index in [0.29, 0.717) is 6.54 Å². The number of amides is 1. The average Bonchev–Trinajstić information content (AvgIpc) is 3.04. The Kier molecular flexibility index (Phi) is 4.53. The van der Waals surface area contributed by atoms with Crippen molar-refractivity contribution in [1.29, 1.82) is 0 Å². The van der Waals surface area contributed by atoms with Crippen molar-refractivity contribution in [2.75, 3.05) is 7.11 Å². The Morgan fingerprint density at radius 1 is 1.16 bits per heavy atom. The van der Waals surface area contributed by atoms with E-state index in [2.05, 4.69) is 29.4 Å². The number of benzene rings is 2. The van der Waals surface area contributed by atoms with Crippen molar-refractivity contribution in [3.05, 3.63) is 65.4 Å². The zero-order valence-corrected chi connectivity index (χ0v) is 15.1. The van der Waals surface area contributed by atoms with Crippen LogP contribution in [0.4, 0.5) is 0 Å². The molecule has 3 rings (SSSR count). The van der Waals surface area contributed by atoms with Gasteiger partial charge in [-0.1, -0.05) is 29.8 Å². The Morgan fingerprint density at radius 3 is 2.56 bits per heavy atom. The second kappa shape index (κ2) is 6.63. The molecule has 1 aromatic heterocycles. The van der Waals surface area contributed by atoms with E-state index in [9.17, 15) is 4.79 Å². The topological polar surface area (TPSA) is 54.1 Å². The maximum atomic E-state index is 12.8. The summed E-state index contributed by atoms with van der Waals surface area (Å²) in [5.41, 5.74) is 3.60. The maximum Gasteiger partial charge on any atom is 0.230 e. The monoisotopic (exact) mass is 336 g/mol. The number of hydrogen-bond donors (Lipinski definition) is 2. The molecule has 1 heterocycles. The molecule has 2 aromatic carbocycles. The molecule has 1 amide bonds. The Bertz CT molecular complexity index is 892. The molecule has 0 aliphatic carbocycles. The van der Waals surface area contributed by atoms with Crippen LogP contribution in [0.2, 0.25) is 0 Å². The highest BCUT2D eigenvalue weighted by Crippen LogP contribution is 2.32. The molecule has 0 bridgehead atoms. The Labute approximate surface area is 148 Å². The number of methoxy groups -OCH3 is 1. The molecule has 130 valence electrons. The summed E-state index contributed by atoms with van der Waals surface area (Å²) in [5.74, 6) is 0.779. The Morgan fingerprint density at radius 2 is 1.88 bits per heavy atom. The Balaban J connectivity index is 1.82. The average molecular weight is 336 g/mol. The van der Waals surface area contributed by atoms with Gasteiger partial charge in [0.25, 0.3) is 0 Å². The molecule has 0 aliphatic heterocycles. The normalized spacial score (nSPS) is 11.5. The van der Waals surface area contributed by atoms with Gasteiger partial charge in [-0.05, 0) is 50.1 Å². The lowest BCUT2D eigenvalue weighted by atomic mass is 9.83. The molecule has 3 aromatic rings. The molecular weight excluding hydrogens is 312 g/mol. The standard InChI is InChI=1S/C21H24N2O2/c1-14-5-7-15(8-6-14)12-23-20(24)21(2,3)18-13-22-19-10-9-16(25-4)11-17(18)19/h5-11,13,22H,12H2,1-4H3,(H,23,24). The summed E-state index contributed by atoms with van der Waals surface area (Å²) >= 11 is 0. The van der Waals surface area contributed by atoms with E-state index >= 15 is 0 Å². The van der Waals surface area contributed by atoms with Crippen LogP contribution in [0.15, 0.2) is 48.7 Å². The largest absolute Gasteiger partial charge is 0.497 e. The number of carbonyl (C=O) groups is 1. The molecule has 4 nitrogen and oxygen atoms in total. The number of fused-ring (bicyclic) bond motifs is 1. The van der Waals surface area contributed by atoms with Crippen molar-refractivity contribution in [3.63, 3.8) is 0 Å². The van der Waals surface area contributed by atoms with Gasteiger partial charge in [0.2, 0.25) is 5.91 Å². The second-order valence-electron chi connectivity index (χ2n) is 6.91. The highest BCUT2D eigenvalue weighted by Gasteiger charge is 2.32. The minimum Gasteiger partial charge on any atom is -0.497 e. The van der Waals surface area contributed by atoms with E-state index in [0.717, 1.165) is 27.8 Å². The van der Waals surface area contributed by atoms with Crippen LogP contribution in [0.5, 0.6) is 5.75 Å². The number of rotatable bonds is 5. The van der Waals surface area contributed by atoms with Crippen molar-refractivity contribution in [1.82, 2.24) is 10.3 Å². The van der Waals surface area contributed by atoms with Crippen LogP contribution in [0.25, 0.3) is 10.9 Å². The number of nitrogens with one attached hydrogen (secondary N) is 2. The molecule has 4 heteroatoms. The molecule has 25 heavy (non-hydrogen) atoms. The van der Waals surface area contributed by atoms with Gasteiger partial charge in [0, 0.05) is 23.6 Å². The zero-order valence-electron chi connectivity index (χ0n) is 15.1. The van der Waals surface area contributed by atoms with Crippen molar-refractivity contribution in [3.8, 4) is 5.75 Å². The highest BCUT2D eigenvalue weighted by atomic mass is 16.5. The minimum atomic E-state index is -0.657. The van der Waals surface area contributed by atoms with Gasteiger partial charge in [-0.25, -0.2) is 0 Å². The van der Waals surface area contributed by atoms with Gasteiger partial charge in [-0.2, -0.15) is 0 Å². The van der Waals surface area contributed by atoms with Crippen LogP contribution in [0, 0.1) is 6.92 Å². The first-order chi connectivity index (χ1) is 11.9. The molecule has 2 N–H and O–H groups in total. The first-order valence-corrected chi connectivity index (χ1v) is 8.41. The van der Waals surface area contributed by atoms with Gasteiger partial charge >= 0.3 is 0 Å². The van der Waals surface area contributed by atoms with Crippen molar-refractivity contribution in [2.45, 2.75) is 32.7 Å². The second-order valence-corrected chi connectivity index (χ2v) is 6.91. The molecule has 0 radical (unpaired) electrons. The minimum absolute atomic E-state index is 0.00297. The summed E-state index contributed by atoms with van der Waals surface area (Å²) in [7, 11) is 1.65. The molecule has 0 spiro atoms. The molecular formula is C21H24N2O2. The summed E-state index contributed by atoms with van der Waals surface area (Å²) in [6.07, 6.45) is 1.91. The summed E-state index contributed by atoms with van der Waals surface area (Å²) in [6.45, 7) is 6.46. The predicted octanol–water partition coefficient (Wildman–Crippen LogP) is 4.08. The Hall–Kier alpha value is -2.75. The van der Waals surface area contributed by atoms with Crippen LogP contribution in [-0.2, 0) is 16.8 Å². The third-order valence-electron chi connectivity index (χ3n) is 4.70. The molecule has 0 fully saturated rings. The van der Waals surface area contributed by atoms with Gasteiger partial charge in [0.05, 0.1) is 12.5 Å². The SMILES string of the molecule is COc1ccc2[nH]cc(C(C)(C)C(=O)NCc3ccc(C)cc3)c2c1. The predicted molar refractivity (Wildman–Crippen MR) is 101 cm³/mol. The molecule has 0 unspecified atom stereocenters. The number of hydrogen-bond acceptors (Lipinski definition) is 2. The number of aromatic amines is 1. The molecule has 0 saturated carbocycles. The fourth-order valence-corrected chi connectivity index (χ4v) is 2.98. The van der Waals surface area contributed by atoms with E-state index in [-0.39, 0.29) is 5.91 Å². The van der Waals surface area contributed by atoms with Gasteiger partial charge in [0.15, 0.2) is 0 Å². The molecule has 0 saturated heterocycles.